The van der Waals surface area contributed by atoms with Gasteiger partial charge >= 0.3 is 0 Å². The SMILES string of the molecule is O=C(NCC(O)c1ccccc1F)c1cccn1C1CCCC1. The van der Waals surface area contributed by atoms with E-state index in [0.717, 1.165) is 12.8 Å². The number of amides is 1. The van der Waals surface area contributed by atoms with Gasteiger partial charge in [0.2, 0.25) is 0 Å². The number of nitrogens with zero attached hydrogens (tertiary/aromatic N) is 1. The average Bonchev–Trinajstić information content (AvgIpc) is 3.23. The maximum absolute atomic E-state index is 13.6. The molecule has 1 atom stereocenters. The van der Waals surface area contributed by atoms with Gasteiger partial charge in [0.15, 0.2) is 0 Å². The van der Waals surface area contributed by atoms with Crippen molar-refractivity contribution in [1.82, 2.24) is 9.88 Å². The van der Waals surface area contributed by atoms with Crippen LogP contribution in [-0.4, -0.2) is 22.1 Å². The molecule has 1 fully saturated rings. The number of nitrogens with one attached hydrogen (secondary N) is 1. The predicted molar refractivity (Wildman–Crippen MR) is 85.6 cm³/mol. The van der Waals surface area contributed by atoms with Crippen molar-refractivity contribution in [2.45, 2.75) is 37.8 Å². The highest BCUT2D eigenvalue weighted by Gasteiger charge is 2.22. The van der Waals surface area contributed by atoms with Gasteiger partial charge in [0, 0.05) is 24.3 Å². The lowest BCUT2D eigenvalue weighted by atomic mass is 10.1. The third-order valence-electron chi connectivity index (χ3n) is 4.45. The van der Waals surface area contributed by atoms with Gasteiger partial charge in [0.05, 0.1) is 6.10 Å². The molecule has 1 saturated carbocycles. The Hall–Kier alpha value is -2.14. The molecule has 2 aromatic rings. The Morgan fingerprint density at radius 1 is 1.26 bits per heavy atom. The second-order valence-corrected chi connectivity index (χ2v) is 5.99. The number of benzene rings is 1. The van der Waals surface area contributed by atoms with Crippen LogP contribution in [0.4, 0.5) is 4.39 Å². The molecule has 5 heteroatoms. The molecule has 0 radical (unpaired) electrons. The maximum atomic E-state index is 13.6. The number of halogens is 1. The summed E-state index contributed by atoms with van der Waals surface area (Å²) in [6.45, 7) is -0.0182. The van der Waals surface area contributed by atoms with Crippen LogP contribution in [0.3, 0.4) is 0 Å². The van der Waals surface area contributed by atoms with E-state index < -0.39 is 11.9 Å². The second-order valence-electron chi connectivity index (χ2n) is 5.99. The quantitative estimate of drug-likeness (QED) is 0.890. The van der Waals surface area contributed by atoms with E-state index in [4.69, 9.17) is 0 Å². The Balaban J connectivity index is 1.64. The molecule has 4 nitrogen and oxygen atoms in total. The minimum absolute atomic E-state index is 0.0182. The maximum Gasteiger partial charge on any atom is 0.268 e. The molecule has 1 aliphatic carbocycles. The van der Waals surface area contributed by atoms with Crippen LogP contribution in [0.1, 0.15) is 53.9 Å². The molecular formula is C18H21FN2O2. The van der Waals surface area contributed by atoms with Gasteiger partial charge in [0.1, 0.15) is 11.5 Å². The summed E-state index contributed by atoms with van der Waals surface area (Å²) in [5.41, 5.74) is 0.789. The summed E-state index contributed by atoms with van der Waals surface area (Å²) in [6.07, 6.45) is 5.43. The first-order valence-electron chi connectivity index (χ1n) is 8.04. The van der Waals surface area contributed by atoms with Crippen LogP contribution >= 0.6 is 0 Å². The lowest BCUT2D eigenvalue weighted by Crippen LogP contribution is -2.30. The van der Waals surface area contributed by atoms with E-state index in [1.165, 1.54) is 25.0 Å². The highest BCUT2D eigenvalue weighted by Crippen LogP contribution is 2.30. The van der Waals surface area contributed by atoms with Gasteiger partial charge in [-0.05, 0) is 31.0 Å². The van der Waals surface area contributed by atoms with E-state index in [0.29, 0.717) is 11.7 Å². The van der Waals surface area contributed by atoms with Gasteiger partial charge in [0.25, 0.3) is 5.91 Å². The van der Waals surface area contributed by atoms with Crippen LogP contribution in [0.25, 0.3) is 0 Å². The van der Waals surface area contributed by atoms with Crippen molar-refractivity contribution in [2.24, 2.45) is 0 Å². The standard InChI is InChI=1S/C18H21FN2O2/c19-15-9-4-3-8-14(15)17(22)12-20-18(23)16-10-5-11-21(16)13-6-1-2-7-13/h3-5,8-11,13,17,22H,1-2,6-7,12H2,(H,20,23). The van der Waals surface area contributed by atoms with Gasteiger partial charge < -0.3 is 15.0 Å². The first kappa shape index (κ1) is 15.7. The molecule has 1 unspecified atom stereocenters. The summed E-state index contributed by atoms with van der Waals surface area (Å²) >= 11 is 0. The van der Waals surface area contributed by atoms with Crippen LogP contribution in [-0.2, 0) is 0 Å². The largest absolute Gasteiger partial charge is 0.386 e. The van der Waals surface area contributed by atoms with Crippen molar-refractivity contribution in [2.75, 3.05) is 6.54 Å². The Labute approximate surface area is 134 Å². The van der Waals surface area contributed by atoms with Gasteiger partial charge in [-0.1, -0.05) is 31.0 Å². The number of aliphatic hydroxyl groups excluding tert-OH is 1. The summed E-state index contributed by atoms with van der Waals surface area (Å²) in [6, 6.07) is 10.1. The van der Waals surface area contributed by atoms with Crippen molar-refractivity contribution in [1.29, 1.82) is 0 Å². The number of rotatable bonds is 5. The summed E-state index contributed by atoms with van der Waals surface area (Å²) < 4.78 is 15.6. The Morgan fingerprint density at radius 2 is 2.00 bits per heavy atom. The van der Waals surface area contributed by atoms with E-state index in [2.05, 4.69) is 5.32 Å². The third-order valence-corrected chi connectivity index (χ3v) is 4.45. The van der Waals surface area contributed by atoms with E-state index in [1.54, 1.807) is 18.2 Å². The van der Waals surface area contributed by atoms with Crippen molar-refractivity contribution in [3.05, 3.63) is 59.7 Å². The normalized spacial score (nSPS) is 16.4. The van der Waals surface area contributed by atoms with Crippen LogP contribution < -0.4 is 5.32 Å². The van der Waals surface area contributed by atoms with E-state index in [-0.39, 0.29) is 18.0 Å². The number of aromatic nitrogens is 1. The molecule has 1 aliphatic rings. The molecular weight excluding hydrogens is 295 g/mol. The zero-order valence-electron chi connectivity index (χ0n) is 12.9. The highest BCUT2D eigenvalue weighted by molar-refractivity contribution is 5.92. The number of carbonyl (C=O) groups excluding carboxylic acids is 1. The number of carbonyl (C=O) groups is 1. The molecule has 1 heterocycles. The first-order valence-corrected chi connectivity index (χ1v) is 8.04. The third kappa shape index (κ3) is 3.45. The van der Waals surface area contributed by atoms with Crippen molar-refractivity contribution < 1.29 is 14.3 Å². The van der Waals surface area contributed by atoms with Crippen molar-refractivity contribution in [3.8, 4) is 0 Å². The fourth-order valence-corrected chi connectivity index (χ4v) is 3.22. The molecule has 122 valence electrons. The monoisotopic (exact) mass is 316 g/mol. The van der Waals surface area contributed by atoms with E-state index in [1.807, 2.05) is 16.8 Å². The van der Waals surface area contributed by atoms with Crippen LogP contribution in [0.5, 0.6) is 0 Å². The van der Waals surface area contributed by atoms with Crippen LogP contribution in [0.15, 0.2) is 42.6 Å². The Morgan fingerprint density at radius 3 is 2.74 bits per heavy atom. The Bertz CT molecular complexity index is 677. The highest BCUT2D eigenvalue weighted by atomic mass is 19.1. The number of hydrogen-bond donors (Lipinski definition) is 2. The summed E-state index contributed by atoms with van der Waals surface area (Å²) in [5, 5.41) is 12.8. The first-order chi connectivity index (χ1) is 11.2. The lowest BCUT2D eigenvalue weighted by Gasteiger charge is -2.17. The molecule has 1 amide bonds. The molecule has 0 bridgehead atoms. The zero-order valence-corrected chi connectivity index (χ0v) is 12.9. The zero-order chi connectivity index (χ0) is 16.2. The van der Waals surface area contributed by atoms with Gasteiger partial charge in [-0.2, -0.15) is 0 Å². The number of hydrogen-bond acceptors (Lipinski definition) is 2. The van der Waals surface area contributed by atoms with Crippen molar-refractivity contribution >= 4 is 5.91 Å². The summed E-state index contributed by atoms with van der Waals surface area (Å²) in [5.74, 6) is -0.708. The fraction of sp³-hybridized carbons (Fsp3) is 0.389. The fourth-order valence-electron chi connectivity index (χ4n) is 3.22. The molecule has 1 aromatic carbocycles. The van der Waals surface area contributed by atoms with Gasteiger partial charge in [-0.25, -0.2) is 4.39 Å². The summed E-state index contributed by atoms with van der Waals surface area (Å²) in [4.78, 5) is 12.4. The van der Waals surface area contributed by atoms with Crippen LogP contribution in [0.2, 0.25) is 0 Å². The molecule has 23 heavy (non-hydrogen) atoms. The molecule has 0 aliphatic heterocycles. The molecule has 2 N–H and O–H groups in total. The second kappa shape index (κ2) is 6.96. The van der Waals surface area contributed by atoms with Crippen molar-refractivity contribution in [3.63, 3.8) is 0 Å². The minimum Gasteiger partial charge on any atom is -0.386 e. The smallest absolute Gasteiger partial charge is 0.268 e. The summed E-state index contributed by atoms with van der Waals surface area (Å²) in [7, 11) is 0. The number of aliphatic hydroxyl groups is 1. The van der Waals surface area contributed by atoms with Crippen LogP contribution in [0, 0.1) is 5.82 Å². The average molecular weight is 316 g/mol. The van der Waals surface area contributed by atoms with Gasteiger partial charge in [-0.3, -0.25) is 4.79 Å². The predicted octanol–water partition coefficient (Wildman–Crippen LogP) is 3.21. The van der Waals surface area contributed by atoms with Gasteiger partial charge in [-0.15, -0.1) is 0 Å². The molecule has 3 rings (SSSR count). The Kier molecular flexibility index (Phi) is 4.76. The van der Waals surface area contributed by atoms with E-state index >= 15 is 0 Å². The molecule has 1 aromatic heterocycles. The lowest BCUT2D eigenvalue weighted by molar-refractivity contribution is 0.0903. The minimum atomic E-state index is -1.06. The topological polar surface area (TPSA) is 54.3 Å². The van der Waals surface area contributed by atoms with E-state index in [9.17, 15) is 14.3 Å². The molecule has 0 saturated heterocycles. The molecule has 0 spiro atoms.